The number of carbonyl (C=O) groups excluding carboxylic acids is 2. The standard InChI is InChI=1S/C15H20N6O2S/c1-9(2)21-15(18-19-20-21)24-8-13(22)17-14(23)16-12-6-5-10(3)11(4)7-12/h5-7,9H,8H2,1-4H3,(H2,16,17,22,23). The van der Waals surface area contributed by atoms with Gasteiger partial charge in [-0.25, -0.2) is 9.48 Å². The molecule has 8 nitrogen and oxygen atoms in total. The molecule has 2 N–H and O–H groups in total. The first-order valence-electron chi connectivity index (χ1n) is 7.45. The van der Waals surface area contributed by atoms with Crippen LogP contribution in [0.2, 0.25) is 0 Å². The lowest BCUT2D eigenvalue weighted by atomic mass is 10.1. The third-order valence-electron chi connectivity index (χ3n) is 3.30. The van der Waals surface area contributed by atoms with Gasteiger partial charge in [0.25, 0.3) is 0 Å². The van der Waals surface area contributed by atoms with E-state index in [9.17, 15) is 9.59 Å². The molecule has 0 saturated heterocycles. The van der Waals surface area contributed by atoms with Gasteiger partial charge in [-0.3, -0.25) is 10.1 Å². The van der Waals surface area contributed by atoms with Crippen LogP contribution in [0.4, 0.5) is 10.5 Å². The quantitative estimate of drug-likeness (QED) is 0.804. The first kappa shape index (κ1) is 17.9. The molecule has 128 valence electrons. The Morgan fingerprint density at radius 2 is 2.00 bits per heavy atom. The molecule has 0 spiro atoms. The summed E-state index contributed by atoms with van der Waals surface area (Å²) in [5.74, 6) is -0.368. The topological polar surface area (TPSA) is 102 Å². The summed E-state index contributed by atoms with van der Waals surface area (Å²) >= 11 is 1.18. The van der Waals surface area contributed by atoms with Crippen LogP contribution < -0.4 is 10.6 Å². The number of imide groups is 1. The Morgan fingerprint density at radius 3 is 2.67 bits per heavy atom. The third-order valence-corrected chi connectivity index (χ3v) is 4.24. The Kier molecular flexibility index (Phi) is 5.91. The van der Waals surface area contributed by atoms with Crippen LogP contribution in [0.3, 0.4) is 0 Å². The molecule has 0 radical (unpaired) electrons. The van der Waals surface area contributed by atoms with Crippen molar-refractivity contribution in [3.8, 4) is 0 Å². The molecule has 2 rings (SSSR count). The SMILES string of the molecule is Cc1ccc(NC(=O)NC(=O)CSc2nnnn2C(C)C)cc1C. The van der Waals surface area contributed by atoms with Gasteiger partial charge in [0, 0.05) is 5.69 Å². The van der Waals surface area contributed by atoms with E-state index < -0.39 is 11.9 Å². The molecule has 0 aliphatic heterocycles. The summed E-state index contributed by atoms with van der Waals surface area (Å²) in [4.78, 5) is 23.7. The highest BCUT2D eigenvalue weighted by atomic mass is 32.2. The number of urea groups is 1. The zero-order chi connectivity index (χ0) is 17.7. The number of hydrogen-bond acceptors (Lipinski definition) is 6. The van der Waals surface area contributed by atoms with Crippen molar-refractivity contribution in [3.63, 3.8) is 0 Å². The zero-order valence-corrected chi connectivity index (χ0v) is 14.8. The highest BCUT2D eigenvalue weighted by Gasteiger charge is 2.14. The summed E-state index contributed by atoms with van der Waals surface area (Å²) < 4.78 is 1.62. The van der Waals surface area contributed by atoms with Crippen molar-refractivity contribution in [1.29, 1.82) is 0 Å². The molecule has 0 unspecified atom stereocenters. The number of tetrazole rings is 1. The lowest BCUT2D eigenvalue weighted by Gasteiger charge is -2.09. The molecule has 3 amide bonds. The van der Waals surface area contributed by atoms with Crippen LogP contribution in [-0.2, 0) is 4.79 Å². The van der Waals surface area contributed by atoms with Gasteiger partial charge in [0.1, 0.15) is 0 Å². The maximum atomic E-state index is 11.9. The van der Waals surface area contributed by atoms with Crippen LogP contribution in [0.25, 0.3) is 0 Å². The number of aromatic nitrogens is 4. The number of anilines is 1. The van der Waals surface area contributed by atoms with Crippen molar-refractivity contribution < 1.29 is 9.59 Å². The smallest absolute Gasteiger partial charge is 0.308 e. The molecular weight excluding hydrogens is 328 g/mol. The number of benzene rings is 1. The van der Waals surface area contributed by atoms with Crippen LogP contribution >= 0.6 is 11.8 Å². The minimum absolute atomic E-state index is 0.0490. The summed E-state index contributed by atoms with van der Waals surface area (Å²) in [6.07, 6.45) is 0. The summed E-state index contributed by atoms with van der Waals surface area (Å²) in [5, 5.41) is 16.8. The number of rotatable bonds is 5. The van der Waals surface area contributed by atoms with Crippen molar-refractivity contribution in [3.05, 3.63) is 29.3 Å². The Bertz CT molecular complexity index is 743. The van der Waals surface area contributed by atoms with E-state index >= 15 is 0 Å². The second-order valence-electron chi connectivity index (χ2n) is 5.59. The van der Waals surface area contributed by atoms with Gasteiger partial charge in [0.15, 0.2) is 0 Å². The van der Waals surface area contributed by atoms with Crippen molar-refractivity contribution in [2.75, 3.05) is 11.1 Å². The number of amides is 3. The lowest BCUT2D eigenvalue weighted by molar-refractivity contribution is -0.117. The van der Waals surface area contributed by atoms with Gasteiger partial charge in [0.2, 0.25) is 11.1 Å². The Morgan fingerprint density at radius 1 is 1.25 bits per heavy atom. The van der Waals surface area contributed by atoms with E-state index in [0.717, 1.165) is 11.1 Å². The molecule has 0 fully saturated rings. The van der Waals surface area contributed by atoms with Gasteiger partial charge in [-0.2, -0.15) is 0 Å². The van der Waals surface area contributed by atoms with E-state index in [4.69, 9.17) is 0 Å². The lowest BCUT2D eigenvalue weighted by Crippen LogP contribution is -2.35. The van der Waals surface area contributed by atoms with Crippen molar-refractivity contribution >= 4 is 29.4 Å². The zero-order valence-electron chi connectivity index (χ0n) is 14.0. The van der Waals surface area contributed by atoms with Crippen molar-refractivity contribution in [2.45, 2.75) is 38.9 Å². The molecule has 1 heterocycles. The van der Waals surface area contributed by atoms with Gasteiger partial charge in [-0.05, 0) is 61.4 Å². The molecule has 1 aromatic carbocycles. The average Bonchev–Trinajstić information content (AvgIpc) is 2.97. The van der Waals surface area contributed by atoms with Gasteiger partial charge >= 0.3 is 6.03 Å². The molecule has 0 aliphatic rings. The first-order valence-corrected chi connectivity index (χ1v) is 8.44. The predicted octanol–water partition coefficient (Wildman–Crippen LogP) is 2.31. The van der Waals surface area contributed by atoms with E-state index in [1.165, 1.54) is 11.8 Å². The second kappa shape index (κ2) is 7.91. The molecule has 0 saturated carbocycles. The van der Waals surface area contributed by atoms with Crippen LogP contribution in [0, 0.1) is 13.8 Å². The molecule has 1 aromatic heterocycles. The van der Waals surface area contributed by atoms with Gasteiger partial charge in [0.05, 0.1) is 11.8 Å². The van der Waals surface area contributed by atoms with Gasteiger partial charge in [-0.15, -0.1) is 5.10 Å². The van der Waals surface area contributed by atoms with E-state index in [0.29, 0.717) is 10.8 Å². The monoisotopic (exact) mass is 348 g/mol. The maximum Gasteiger partial charge on any atom is 0.325 e. The summed E-state index contributed by atoms with van der Waals surface area (Å²) in [6.45, 7) is 7.83. The molecule has 9 heteroatoms. The van der Waals surface area contributed by atoms with E-state index in [-0.39, 0.29) is 11.8 Å². The van der Waals surface area contributed by atoms with Crippen LogP contribution in [0.1, 0.15) is 31.0 Å². The Balaban J connectivity index is 1.84. The van der Waals surface area contributed by atoms with Crippen molar-refractivity contribution in [1.82, 2.24) is 25.5 Å². The fourth-order valence-corrected chi connectivity index (χ4v) is 2.69. The molecule has 2 aromatic rings. The summed E-state index contributed by atoms with van der Waals surface area (Å²) in [6, 6.07) is 5.09. The number of nitrogens with one attached hydrogen (secondary N) is 2. The number of nitrogens with zero attached hydrogens (tertiary/aromatic N) is 4. The Hall–Kier alpha value is -2.42. The normalized spacial score (nSPS) is 10.7. The Labute approximate surface area is 144 Å². The molecule has 0 aliphatic carbocycles. The largest absolute Gasteiger partial charge is 0.325 e. The number of aryl methyl sites for hydroxylation is 2. The number of hydrogen-bond donors (Lipinski definition) is 2. The minimum Gasteiger partial charge on any atom is -0.308 e. The van der Waals surface area contributed by atoms with Crippen LogP contribution in [0.15, 0.2) is 23.4 Å². The van der Waals surface area contributed by atoms with Crippen molar-refractivity contribution in [2.24, 2.45) is 0 Å². The number of carbonyl (C=O) groups is 2. The predicted molar refractivity (Wildman–Crippen MR) is 92.0 cm³/mol. The van der Waals surface area contributed by atoms with Gasteiger partial charge in [-0.1, -0.05) is 17.8 Å². The fraction of sp³-hybridized carbons (Fsp3) is 0.400. The van der Waals surface area contributed by atoms with E-state index in [1.54, 1.807) is 10.7 Å². The third kappa shape index (κ3) is 4.79. The minimum atomic E-state index is -0.563. The van der Waals surface area contributed by atoms with Gasteiger partial charge < -0.3 is 5.32 Å². The highest BCUT2D eigenvalue weighted by molar-refractivity contribution is 7.99. The average molecular weight is 348 g/mol. The maximum absolute atomic E-state index is 11.9. The summed E-state index contributed by atoms with van der Waals surface area (Å²) in [5.41, 5.74) is 2.84. The second-order valence-corrected chi connectivity index (χ2v) is 6.53. The fourth-order valence-electron chi connectivity index (χ4n) is 1.88. The van der Waals surface area contributed by atoms with E-state index in [2.05, 4.69) is 26.2 Å². The first-order chi connectivity index (χ1) is 11.4. The summed E-state index contributed by atoms with van der Waals surface area (Å²) in [7, 11) is 0. The van der Waals surface area contributed by atoms with E-state index in [1.807, 2.05) is 39.8 Å². The van der Waals surface area contributed by atoms with Crippen LogP contribution in [-0.4, -0.2) is 37.9 Å². The highest BCUT2D eigenvalue weighted by Crippen LogP contribution is 2.17. The van der Waals surface area contributed by atoms with Crippen LogP contribution in [0.5, 0.6) is 0 Å². The molecule has 24 heavy (non-hydrogen) atoms. The number of thioether (sulfide) groups is 1. The molecule has 0 atom stereocenters. The molecule has 0 bridgehead atoms. The molecular formula is C15H20N6O2S.